The van der Waals surface area contributed by atoms with E-state index < -0.39 is 0 Å². The van der Waals surface area contributed by atoms with Crippen LogP contribution in [0.4, 0.5) is 0 Å². The van der Waals surface area contributed by atoms with Crippen molar-refractivity contribution in [1.29, 1.82) is 0 Å². The number of aryl methyl sites for hydroxylation is 3. The number of benzene rings is 4. The first kappa shape index (κ1) is 20.4. The Kier molecular flexibility index (Phi) is 4.38. The molecule has 1 nitrogen and oxygen atoms in total. The van der Waals surface area contributed by atoms with Crippen LogP contribution in [0.2, 0.25) is 0 Å². The lowest BCUT2D eigenvalue weighted by atomic mass is 9.60. The summed E-state index contributed by atoms with van der Waals surface area (Å²) in [6.07, 6.45) is 2.20. The minimum atomic E-state index is 0.303. The van der Waals surface area contributed by atoms with Gasteiger partial charge in [0, 0.05) is 29.5 Å². The molecular weight excluding hydrogens is 422 g/mol. The quantitative estimate of drug-likeness (QED) is 0.241. The van der Waals surface area contributed by atoms with Crippen LogP contribution in [0.1, 0.15) is 56.3 Å². The molecule has 8 rings (SSSR count). The van der Waals surface area contributed by atoms with Gasteiger partial charge in [0.05, 0.1) is 0 Å². The van der Waals surface area contributed by atoms with Gasteiger partial charge in [0.2, 0.25) is 5.69 Å². The number of hydrogen-bond donors (Lipinski definition) is 0. The molecule has 3 aliphatic carbocycles. The van der Waals surface area contributed by atoms with Crippen LogP contribution in [0.3, 0.4) is 0 Å². The monoisotopic (exact) mass is 450 g/mol. The summed E-state index contributed by atoms with van der Waals surface area (Å²) in [6.45, 7) is 4.50. The minimum absolute atomic E-state index is 0.303. The second-order valence-electron chi connectivity index (χ2n) is 10.1. The fourth-order valence-electron chi connectivity index (χ4n) is 6.56. The molecule has 5 aromatic rings. The Morgan fingerprint density at radius 3 is 1.80 bits per heavy atom. The lowest BCUT2D eigenvalue weighted by Crippen LogP contribution is -2.30. The Balaban J connectivity index is 1.44. The van der Waals surface area contributed by atoms with Gasteiger partial charge in [-0.1, -0.05) is 72.8 Å². The van der Waals surface area contributed by atoms with Crippen LogP contribution >= 0.6 is 0 Å². The van der Waals surface area contributed by atoms with E-state index in [0.29, 0.717) is 11.8 Å². The standard InChI is InChI=1S/C34H28N/c1-21-10-4-5-11-25(21)31-20-23(16-17-35(31)3)24-18-22(2)32-30(19-24)33-26-12-6-8-14-28(26)34(32)29-15-9-7-13-27(29)33/h4-20,33-34H,1-3H3/q+1. The second kappa shape index (κ2) is 7.52. The maximum Gasteiger partial charge on any atom is 0.213 e. The predicted molar refractivity (Wildman–Crippen MR) is 143 cm³/mol. The lowest BCUT2D eigenvalue weighted by Gasteiger charge is -2.43. The first-order valence-corrected chi connectivity index (χ1v) is 12.5. The lowest BCUT2D eigenvalue weighted by molar-refractivity contribution is -0.660. The third-order valence-electron chi connectivity index (χ3n) is 8.16. The molecule has 1 heteroatoms. The largest absolute Gasteiger partial charge is 0.213 e. The van der Waals surface area contributed by atoms with Crippen molar-refractivity contribution in [2.75, 3.05) is 0 Å². The highest BCUT2D eigenvalue weighted by Gasteiger charge is 2.41. The van der Waals surface area contributed by atoms with Crippen LogP contribution in [0, 0.1) is 13.8 Å². The fourth-order valence-corrected chi connectivity index (χ4v) is 6.56. The van der Waals surface area contributed by atoms with E-state index in [2.05, 4.69) is 129 Å². The highest BCUT2D eigenvalue weighted by Crippen LogP contribution is 2.56. The molecule has 0 atom stereocenters. The van der Waals surface area contributed by atoms with Crippen molar-refractivity contribution < 1.29 is 4.57 Å². The molecule has 2 bridgehead atoms. The molecular formula is C34H28N+. The van der Waals surface area contributed by atoms with E-state index in [9.17, 15) is 0 Å². The number of rotatable bonds is 2. The SMILES string of the molecule is Cc1ccccc1-c1cc(-c2cc(C)c3c(c2)C2c4ccccc4C3c3ccccc32)cc[n+]1C. The second-order valence-corrected chi connectivity index (χ2v) is 10.1. The first-order valence-electron chi connectivity index (χ1n) is 12.5. The van der Waals surface area contributed by atoms with Crippen LogP contribution in [0.5, 0.6) is 0 Å². The molecule has 1 heterocycles. The first-order chi connectivity index (χ1) is 17.1. The van der Waals surface area contributed by atoms with Gasteiger partial charge in [0.1, 0.15) is 7.05 Å². The minimum Gasteiger partial charge on any atom is -0.201 e. The molecule has 0 fully saturated rings. The van der Waals surface area contributed by atoms with Gasteiger partial charge < -0.3 is 0 Å². The Morgan fingerprint density at radius 1 is 0.543 bits per heavy atom. The van der Waals surface area contributed by atoms with Crippen molar-refractivity contribution in [1.82, 2.24) is 0 Å². The van der Waals surface area contributed by atoms with E-state index in [1.54, 1.807) is 0 Å². The predicted octanol–water partition coefficient (Wildman–Crippen LogP) is 7.45. The number of pyridine rings is 1. The van der Waals surface area contributed by atoms with Gasteiger partial charge in [-0.3, -0.25) is 0 Å². The zero-order valence-corrected chi connectivity index (χ0v) is 20.4. The van der Waals surface area contributed by atoms with Gasteiger partial charge in [-0.2, -0.15) is 0 Å². The van der Waals surface area contributed by atoms with Crippen molar-refractivity contribution >= 4 is 0 Å². The molecule has 0 amide bonds. The summed E-state index contributed by atoms with van der Waals surface area (Å²) in [7, 11) is 2.14. The van der Waals surface area contributed by atoms with Gasteiger partial charge in [-0.25, -0.2) is 4.57 Å². The van der Waals surface area contributed by atoms with E-state index in [0.717, 1.165) is 0 Å². The Bertz CT molecular complexity index is 1590. The summed E-state index contributed by atoms with van der Waals surface area (Å²) >= 11 is 0. The third kappa shape index (κ3) is 2.91. The van der Waals surface area contributed by atoms with Crippen LogP contribution in [-0.2, 0) is 7.05 Å². The van der Waals surface area contributed by atoms with Gasteiger partial charge >= 0.3 is 0 Å². The normalized spacial score (nSPS) is 17.0. The van der Waals surface area contributed by atoms with E-state index >= 15 is 0 Å². The van der Waals surface area contributed by atoms with Gasteiger partial charge in [-0.15, -0.1) is 0 Å². The number of hydrogen-bond acceptors (Lipinski definition) is 0. The average Bonchev–Trinajstić information content (AvgIpc) is 2.89. The summed E-state index contributed by atoms with van der Waals surface area (Å²) in [6, 6.07) is 36.3. The van der Waals surface area contributed by atoms with Gasteiger partial charge in [0.25, 0.3) is 0 Å². The Hall–Kier alpha value is -3.97. The molecule has 3 aliphatic rings. The molecule has 0 aliphatic heterocycles. The topological polar surface area (TPSA) is 3.88 Å². The summed E-state index contributed by atoms with van der Waals surface area (Å²) in [4.78, 5) is 0. The summed E-state index contributed by atoms with van der Waals surface area (Å²) in [5.41, 5.74) is 16.7. The van der Waals surface area contributed by atoms with Crippen LogP contribution in [0.25, 0.3) is 22.4 Å². The molecule has 0 saturated carbocycles. The van der Waals surface area contributed by atoms with E-state index in [1.807, 2.05) is 0 Å². The Labute approximate surface area is 207 Å². The summed E-state index contributed by atoms with van der Waals surface area (Å²) < 4.78 is 2.23. The maximum atomic E-state index is 2.48. The molecule has 0 saturated heterocycles. The van der Waals surface area contributed by atoms with Crippen LogP contribution in [-0.4, -0.2) is 0 Å². The molecule has 0 unspecified atom stereocenters. The van der Waals surface area contributed by atoms with Crippen LogP contribution in [0.15, 0.2) is 103 Å². The van der Waals surface area contributed by atoms with Crippen LogP contribution < -0.4 is 4.57 Å². The Morgan fingerprint density at radius 2 is 1.14 bits per heavy atom. The molecule has 168 valence electrons. The molecule has 0 spiro atoms. The third-order valence-corrected chi connectivity index (χ3v) is 8.16. The van der Waals surface area contributed by atoms with Crippen molar-refractivity contribution in [3.63, 3.8) is 0 Å². The van der Waals surface area contributed by atoms with Crippen molar-refractivity contribution in [3.05, 3.63) is 148 Å². The molecule has 1 aromatic heterocycles. The van der Waals surface area contributed by atoms with E-state index in [1.165, 1.54) is 66.9 Å². The van der Waals surface area contributed by atoms with Crippen molar-refractivity contribution in [2.45, 2.75) is 25.7 Å². The van der Waals surface area contributed by atoms with Crippen molar-refractivity contribution in [3.8, 4) is 22.4 Å². The van der Waals surface area contributed by atoms with E-state index in [4.69, 9.17) is 0 Å². The average molecular weight is 451 g/mol. The highest BCUT2D eigenvalue weighted by molar-refractivity contribution is 5.76. The molecule has 0 N–H and O–H groups in total. The summed E-state index contributed by atoms with van der Waals surface area (Å²) in [5.74, 6) is 0.629. The fraction of sp³-hybridized carbons (Fsp3) is 0.147. The zero-order chi connectivity index (χ0) is 23.7. The molecule has 35 heavy (non-hydrogen) atoms. The summed E-state index contributed by atoms with van der Waals surface area (Å²) in [5, 5.41) is 0. The molecule has 4 aromatic carbocycles. The molecule has 0 radical (unpaired) electrons. The smallest absolute Gasteiger partial charge is 0.201 e. The van der Waals surface area contributed by atoms with Gasteiger partial charge in [0.15, 0.2) is 6.20 Å². The highest BCUT2D eigenvalue weighted by atomic mass is 14.9. The van der Waals surface area contributed by atoms with Gasteiger partial charge in [-0.05, 0) is 81.6 Å². The zero-order valence-electron chi connectivity index (χ0n) is 20.4. The van der Waals surface area contributed by atoms with Crippen molar-refractivity contribution in [2.24, 2.45) is 7.05 Å². The maximum absolute atomic E-state index is 2.48. The van der Waals surface area contributed by atoms with E-state index in [-0.39, 0.29) is 0 Å². The number of aromatic nitrogens is 1. The number of nitrogens with zero attached hydrogens (tertiary/aromatic N) is 1.